The van der Waals surface area contributed by atoms with Gasteiger partial charge in [-0.25, -0.2) is 27.1 Å². The van der Waals surface area contributed by atoms with Gasteiger partial charge in [-0.05, 0) is 12.1 Å². The number of nitrogens with two attached hydrogens (primary N) is 3. The van der Waals surface area contributed by atoms with E-state index in [4.69, 9.17) is 27.6 Å². The fourth-order valence-corrected chi connectivity index (χ4v) is 3.62. The van der Waals surface area contributed by atoms with Crippen molar-refractivity contribution in [2.24, 2.45) is 10.3 Å². The molecule has 1 aromatic rings. The van der Waals surface area contributed by atoms with Crippen LogP contribution >= 0.6 is 11.6 Å². The summed E-state index contributed by atoms with van der Waals surface area (Å²) in [5.74, 6) is 0. The molecule has 1 rings (SSSR count). The van der Waals surface area contributed by atoms with Crippen LogP contribution in [0.3, 0.4) is 0 Å². The Morgan fingerprint density at radius 1 is 1.00 bits per heavy atom. The maximum absolute atomic E-state index is 11.2. The van der Waals surface area contributed by atoms with Crippen LogP contribution in [-0.2, 0) is 20.0 Å². The first-order valence-electron chi connectivity index (χ1n) is 3.68. The molecule has 0 atom stereocenters. The minimum Gasteiger partial charge on any atom is -0.397 e. The van der Waals surface area contributed by atoms with Crippen molar-refractivity contribution in [1.82, 2.24) is 0 Å². The Morgan fingerprint density at radius 3 is 1.88 bits per heavy atom. The molecule has 0 radical (unpaired) electrons. The molecule has 6 N–H and O–H groups in total. The zero-order valence-corrected chi connectivity index (χ0v) is 10.1. The van der Waals surface area contributed by atoms with Crippen molar-refractivity contribution >= 4 is 37.3 Å². The Bertz CT molecular complexity index is 638. The molecular formula is C6H8ClN3O4S2. The predicted octanol–water partition coefficient (Wildman–Crippen LogP) is -0.783. The molecule has 0 fully saturated rings. The molecule has 0 spiro atoms. The van der Waals surface area contributed by atoms with Gasteiger partial charge in [-0.1, -0.05) is 11.6 Å². The first kappa shape index (κ1) is 13.2. The van der Waals surface area contributed by atoms with E-state index in [9.17, 15) is 16.8 Å². The van der Waals surface area contributed by atoms with Crippen LogP contribution in [0.1, 0.15) is 0 Å². The van der Waals surface area contributed by atoms with Crippen molar-refractivity contribution in [1.29, 1.82) is 0 Å². The number of halogens is 1. The summed E-state index contributed by atoms with van der Waals surface area (Å²) < 4.78 is 44.6. The zero-order chi connectivity index (χ0) is 12.7. The summed E-state index contributed by atoms with van der Waals surface area (Å²) in [4.78, 5) is -1.48. The molecule has 90 valence electrons. The second-order valence-electron chi connectivity index (χ2n) is 2.89. The van der Waals surface area contributed by atoms with Crippen LogP contribution in [0.25, 0.3) is 0 Å². The third-order valence-electron chi connectivity index (χ3n) is 1.68. The van der Waals surface area contributed by atoms with Gasteiger partial charge >= 0.3 is 0 Å². The number of rotatable bonds is 2. The van der Waals surface area contributed by atoms with Gasteiger partial charge in [0, 0.05) is 0 Å². The van der Waals surface area contributed by atoms with Crippen molar-refractivity contribution in [3.05, 3.63) is 17.2 Å². The van der Waals surface area contributed by atoms with Gasteiger partial charge in [-0.2, -0.15) is 0 Å². The van der Waals surface area contributed by atoms with E-state index in [1.807, 2.05) is 0 Å². The van der Waals surface area contributed by atoms with E-state index >= 15 is 0 Å². The van der Waals surface area contributed by atoms with E-state index in [1.165, 1.54) is 0 Å². The number of hydrogen-bond acceptors (Lipinski definition) is 5. The molecule has 7 nitrogen and oxygen atoms in total. The number of sulfonamides is 2. The fraction of sp³-hybridized carbons (Fsp3) is 0. The van der Waals surface area contributed by atoms with Gasteiger partial charge in [0.25, 0.3) is 0 Å². The lowest BCUT2D eigenvalue weighted by molar-refractivity contribution is 0.584. The first-order chi connectivity index (χ1) is 7.05. The molecule has 0 amide bonds. The monoisotopic (exact) mass is 285 g/mol. The highest BCUT2D eigenvalue weighted by molar-refractivity contribution is 7.92. The van der Waals surface area contributed by atoms with E-state index in [-0.39, 0.29) is 5.69 Å². The number of benzene rings is 1. The van der Waals surface area contributed by atoms with Crippen LogP contribution in [-0.4, -0.2) is 16.8 Å². The Hall–Kier alpha value is -0.870. The molecule has 1 aromatic carbocycles. The van der Waals surface area contributed by atoms with Crippen molar-refractivity contribution in [3.8, 4) is 0 Å². The summed E-state index contributed by atoms with van der Waals surface area (Å²) in [7, 11) is -8.60. The highest BCUT2D eigenvalue weighted by atomic mass is 35.5. The SMILES string of the molecule is Nc1ccc(S(N)(=O)=O)c(S(N)(=O)=O)c1Cl. The topological polar surface area (TPSA) is 146 Å². The average molecular weight is 286 g/mol. The van der Waals surface area contributed by atoms with E-state index < -0.39 is 34.9 Å². The van der Waals surface area contributed by atoms with Crippen LogP contribution in [0.5, 0.6) is 0 Å². The van der Waals surface area contributed by atoms with Gasteiger partial charge in [0.2, 0.25) is 20.0 Å². The third kappa shape index (κ3) is 2.44. The smallest absolute Gasteiger partial charge is 0.240 e. The van der Waals surface area contributed by atoms with E-state index in [0.29, 0.717) is 0 Å². The average Bonchev–Trinajstić information content (AvgIpc) is 2.05. The van der Waals surface area contributed by atoms with Crippen molar-refractivity contribution < 1.29 is 16.8 Å². The summed E-state index contributed by atoms with van der Waals surface area (Å²) in [5, 5.41) is 9.20. The number of hydrogen-bond donors (Lipinski definition) is 3. The normalized spacial score (nSPS) is 12.7. The van der Waals surface area contributed by atoms with Gasteiger partial charge in [0.15, 0.2) is 0 Å². The summed E-state index contributed by atoms with van der Waals surface area (Å²) >= 11 is 5.58. The van der Waals surface area contributed by atoms with Crippen LogP contribution in [0.15, 0.2) is 21.9 Å². The van der Waals surface area contributed by atoms with Crippen molar-refractivity contribution in [3.63, 3.8) is 0 Å². The zero-order valence-electron chi connectivity index (χ0n) is 7.71. The standard InChI is InChI=1S/C6H8ClN3O4S2/c7-5-3(8)1-2-4(15(9,11)12)6(5)16(10,13)14/h1-2H,8H2,(H2,9,11,12)(H2,10,13,14). The third-order valence-corrected chi connectivity index (χ3v) is 4.28. The molecule has 0 saturated carbocycles. The number of primary sulfonamides is 2. The Balaban J connectivity index is 3.88. The Morgan fingerprint density at radius 2 is 1.50 bits per heavy atom. The van der Waals surface area contributed by atoms with Crippen molar-refractivity contribution in [2.75, 3.05) is 5.73 Å². The molecule has 16 heavy (non-hydrogen) atoms. The summed E-state index contributed by atoms with van der Waals surface area (Å²) in [6.45, 7) is 0. The second kappa shape index (κ2) is 3.86. The maximum atomic E-state index is 11.2. The second-order valence-corrected chi connectivity index (χ2v) is 6.29. The Labute approximate surface area is 97.3 Å². The number of nitrogen functional groups attached to an aromatic ring is 1. The van der Waals surface area contributed by atoms with Gasteiger partial charge in [0.05, 0.1) is 10.7 Å². The molecule has 0 aliphatic rings. The van der Waals surface area contributed by atoms with Gasteiger partial charge in [-0.3, -0.25) is 0 Å². The van der Waals surface area contributed by atoms with E-state index in [2.05, 4.69) is 0 Å². The first-order valence-corrected chi connectivity index (χ1v) is 7.16. The van der Waals surface area contributed by atoms with Crippen LogP contribution in [0.2, 0.25) is 5.02 Å². The summed E-state index contributed by atoms with van der Waals surface area (Å²) in [5.41, 5.74) is 5.23. The highest BCUT2D eigenvalue weighted by Gasteiger charge is 2.26. The van der Waals surface area contributed by atoms with E-state index in [1.54, 1.807) is 0 Å². The van der Waals surface area contributed by atoms with E-state index in [0.717, 1.165) is 12.1 Å². The number of anilines is 1. The molecule has 0 heterocycles. The maximum Gasteiger partial charge on any atom is 0.240 e. The minimum atomic E-state index is -4.34. The minimum absolute atomic E-state index is 0.113. The van der Waals surface area contributed by atoms with Crippen LogP contribution in [0.4, 0.5) is 5.69 Å². The molecule has 0 bridgehead atoms. The quantitative estimate of drug-likeness (QED) is 0.610. The molecular weight excluding hydrogens is 278 g/mol. The molecule has 0 aliphatic carbocycles. The lowest BCUT2D eigenvalue weighted by Crippen LogP contribution is -2.21. The molecule has 0 saturated heterocycles. The van der Waals surface area contributed by atoms with Gasteiger partial charge in [0.1, 0.15) is 9.79 Å². The van der Waals surface area contributed by atoms with Gasteiger partial charge < -0.3 is 5.73 Å². The fourth-order valence-electron chi connectivity index (χ4n) is 1.04. The lowest BCUT2D eigenvalue weighted by atomic mass is 10.3. The molecule has 10 heteroatoms. The van der Waals surface area contributed by atoms with Gasteiger partial charge in [-0.15, -0.1) is 0 Å². The summed E-state index contributed by atoms with van der Waals surface area (Å²) in [6, 6.07) is 2.05. The predicted molar refractivity (Wildman–Crippen MR) is 58.6 cm³/mol. The molecule has 0 aliphatic heterocycles. The largest absolute Gasteiger partial charge is 0.397 e. The lowest BCUT2D eigenvalue weighted by Gasteiger charge is -2.09. The van der Waals surface area contributed by atoms with Crippen LogP contribution < -0.4 is 16.0 Å². The van der Waals surface area contributed by atoms with Crippen LogP contribution in [0, 0.1) is 0 Å². The molecule has 0 aromatic heterocycles. The van der Waals surface area contributed by atoms with Crippen molar-refractivity contribution in [2.45, 2.75) is 9.79 Å². The Kier molecular flexibility index (Phi) is 3.18. The highest BCUT2D eigenvalue weighted by Crippen LogP contribution is 2.31. The summed E-state index contributed by atoms with van der Waals surface area (Å²) in [6.07, 6.45) is 0. The molecule has 0 unspecified atom stereocenters.